The molecule has 3 heteroatoms. The van der Waals surface area contributed by atoms with Crippen molar-refractivity contribution >= 4 is 6.47 Å². The highest BCUT2D eigenvalue weighted by Crippen LogP contribution is 2.02. The van der Waals surface area contributed by atoms with Gasteiger partial charge >= 0.3 is 0 Å². The molecule has 0 rings (SSSR count). The number of unbranched alkanes of at least 4 members (excludes halogenated alkanes) is 1. The summed E-state index contributed by atoms with van der Waals surface area (Å²) in [4.78, 5) is 9.82. The van der Waals surface area contributed by atoms with Gasteiger partial charge in [-0.2, -0.15) is 0 Å². The highest BCUT2D eigenvalue weighted by Gasteiger charge is 1.99. The maximum atomic E-state index is 9.82. The second kappa shape index (κ2) is 7.54. The van der Waals surface area contributed by atoms with Crippen molar-refractivity contribution in [1.82, 2.24) is 0 Å². The van der Waals surface area contributed by atoms with E-state index >= 15 is 0 Å². The van der Waals surface area contributed by atoms with E-state index < -0.39 is 0 Å². The fraction of sp³-hybridized carbons (Fsp3) is 0.750. The topological polar surface area (TPSA) is 35.5 Å². The van der Waals surface area contributed by atoms with Gasteiger partial charge in [-0.3, -0.25) is 4.79 Å². The highest BCUT2D eigenvalue weighted by atomic mass is 16.5. The summed E-state index contributed by atoms with van der Waals surface area (Å²) in [6.07, 6.45) is 2.58. The number of carbonyl (C=O) groups excluding carboxylic acids is 1. The first kappa shape index (κ1) is 10.4. The first-order chi connectivity index (χ1) is 5.31. The van der Waals surface area contributed by atoms with Gasteiger partial charge in [-0.05, 0) is 26.2 Å². The van der Waals surface area contributed by atoms with E-state index in [4.69, 9.17) is 4.74 Å². The second-order valence-electron chi connectivity index (χ2n) is 2.34. The molecule has 0 aliphatic rings. The summed E-state index contributed by atoms with van der Waals surface area (Å²) in [6, 6.07) is 0. The van der Waals surface area contributed by atoms with E-state index in [0.717, 1.165) is 25.9 Å². The van der Waals surface area contributed by atoms with Crippen LogP contribution in [0.3, 0.4) is 0 Å². The molecule has 0 amide bonds. The number of hydrogen-bond acceptors (Lipinski definition) is 3. The quantitative estimate of drug-likeness (QED) is 0.413. The number of methoxy groups -OCH3 is 1. The van der Waals surface area contributed by atoms with Gasteiger partial charge < -0.3 is 9.47 Å². The van der Waals surface area contributed by atoms with Crippen LogP contribution in [0.2, 0.25) is 0 Å². The summed E-state index contributed by atoms with van der Waals surface area (Å²) < 4.78 is 9.44. The Morgan fingerprint density at radius 2 is 2.27 bits per heavy atom. The van der Waals surface area contributed by atoms with Gasteiger partial charge in [-0.25, -0.2) is 0 Å². The fourth-order valence-corrected chi connectivity index (χ4v) is 0.765. The number of rotatable bonds is 7. The molecule has 0 spiro atoms. The summed E-state index contributed by atoms with van der Waals surface area (Å²) in [7, 11) is 1.67. The minimum atomic E-state index is -0.204. The van der Waals surface area contributed by atoms with Crippen LogP contribution in [0.25, 0.3) is 0 Å². The summed E-state index contributed by atoms with van der Waals surface area (Å²) in [5, 5.41) is 0. The van der Waals surface area contributed by atoms with Gasteiger partial charge in [0, 0.05) is 13.7 Å². The van der Waals surface area contributed by atoms with E-state index in [1.54, 1.807) is 7.11 Å². The monoisotopic (exact) mass is 159 g/mol. The molecule has 0 N–H and O–H groups in total. The Kier molecular flexibility index (Phi) is 7.15. The molecule has 0 aromatic heterocycles. The molecule has 0 bridgehead atoms. The van der Waals surface area contributed by atoms with Crippen molar-refractivity contribution in [3.05, 3.63) is 6.92 Å². The van der Waals surface area contributed by atoms with Gasteiger partial charge in [0.1, 0.15) is 6.10 Å². The predicted molar refractivity (Wildman–Crippen MR) is 42.0 cm³/mol. The molecule has 3 nitrogen and oxygen atoms in total. The Labute approximate surface area is 67.7 Å². The van der Waals surface area contributed by atoms with Crippen LogP contribution in [0.1, 0.15) is 19.3 Å². The zero-order valence-corrected chi connectivity index (χ0v) is 6.91. The van der Waals surface area contributed by atoms with Crippen LogP contribution >= 0.6 is 0 Å². The molecule has 0 saturated heterocycles. The Bertz CT molecular complexity index is 93.3. The summed E-state index contributed by atoms with van der Waals surface area (Å²) >= 11 is 0. The lowest BCUT2D eigenvalue weighted by atomic mass is 10.2. The lowest BCUT2D eigenvalue weighted by Gasteiger charge is -2.07. The van der Waals surface area contributed by atoms with Gasteiger partial charge in [0.2, 0.25) is 0 Å². The van der Waals surface area contributed by atoms with E-state index in [0.29, 0.717) is 6.47 Å². The SMILES string of the molecule is [CH2]C(CCCCOC)OC=O. The number of carbonyl (C=O) groups is 1. The van der Waals surface area contributed by atoms with Crippen molar-refractivity contribution in [1.29, 1.82) is 0 Å². The van der Waals surface area contributed by atoms with Gasteiger partial charge in [0.15, 0.2) is 0 Å². The summed E-state index contributed by atoms with van der Waals surface area (Å²) in [5.41, 5.74) is 0. The zero-order chi connectivity index (χ0) is 8.53. The molecule has 1 unspecified atom stereocenters. The molecule has 0 aliphatic carbocycles. The molecule has 0 saturated carbocycles. The van der Waals surface area contributed by atoms with Crippen LogP contribution < -0.4 is 0 Å². The Morgan fingerprint density at radius 3 is 2.82 bits per heavy atom. The number of hydrogen-bond donors (Lipinski definition) is 0. The fourth-order valence-electron chi connectivity index (χ4n) is 0.765. The summed E-state index contributed by atoms with van der Waals surface area (Å²) in [5.74, 6) is 0. The Hall–Kier alpha value is -0.570. The molecule has 0 aliphatic heterocycles. The van der Waals surface area contributed by atoms with Gasteiger partial charge in [0.05, 0.1) is 0 Å². The number of ether oxygens (including phenoxy) is 2. The largest absolute Gasteiger partial charge is 0.465 e. The average molecular weight is 159 g/mol. The third kappa shape index (κ3) is 7.33. The molecule has 0 heterocycles. The van der Waals surface area contributed by atoms with Crippen molar-refractivity contribution in [2.24, 2.45) is 0 Å². The molecule has 1 radical (unpaired) electrons. The summed E-state index contributed by atoms with van der Waals surface area (Å²) in [6.45, 7) is 4.83. The first-order valence-electron chi connectivity index (χ1n) is 3.72. The van der Waals surface area contributed by atoms with Crippen molar-refractivity contribution in [2.45, 2.75) is 25.4 Å². The molecule has 0 aromatic rings. The van der Waals surface area contributed by atoms with E-state index in [2.05, 4.69) is 11.7 Å². The minimum absolute atomic E-state index is 0.204. The molecule has 65 valence electrons. The molecule has 0 fully saturated rings. The van der Waals surface area contributed by atoms with Gasteiger partial charge in [-0.1, -0.05) is 0 Å². The minimum Gasteiger partial charge on any atom is -0.465 e. The van der Waals surface area contributed by atoms with Crippen molar-refractivity contribution < 1.29 is 14.3 Å². The normalized spacial score (nSPS) is 12.5. The zero-order valence-electron chi connectivity index (χ0n) is 6.91. The molecular formula is C8H15O3. The Balaban J connectivity index is 3.03. The van der Waals surface area contributed by atoms with Crippen LogP contribution in [-0.2, 0) is 14.3 Å². The smallest absolute Gasteiger partial charge is 0.293 e. The van der Waals surface area contributed by atoms with Crippen molar-refractivity contribution in [3.63, 3.8) is 0 Å². The van der Waals surface area contributed by atoms with Crippen molar-refractivity contribution in [2.75, 3.05) is 13.7 Å². The third-order valence-corrected chi connectivity index (χ3v) is 1.37. The standard InChI is InChI=1S/C8H15O3/c1-8(11-7-9)5-3-4-6-10-2/h7-8H,1,3-6H2,2H3. The Morgan fingerprint density at radius 1 is 1.55 bits per heavy atom. The maximum absolute atomic E-state index is 9.82. The molecule has 0 aromatic carbocycles. The second-order valence-corrected chi connectivity index (χ2v) is 2.34. The van der Waals surface area contributed by atoms with Gasteiger partial charge in [-0.15, -0.1) is 0 Å². The van der Waals surface area contributed by atoms with Crippen LogP contribution in [0.4, 0.5) is 0 Å². The van der Waals surface area contributed by atoms with Crippen LogP contribution in [0, 0.1) is 6.92 Å². The third-order valence-electron chi connectivity index (χ3n) is 1.37. The molecule has 1 atom stereocenters. The van der Waals surface area contributed by atoms with Crippen molar-refractivity contribution in [3.8, 4) is 0 Å². The van der Waals surface area contributed by atoms with Crippen LogP contribution in [0.15, 0.2) is 0 Å². The van der Waals surface area contributed by atoms with Gasteiger partial charge in [0.25, 0.3) is 6.47 Å². The molecule has 11 heavy (non-hydrogen) atoms. The predicted octanol–water partition coefficient (Wildman–Crippen LogP) is 1.18. The van der Waals surface area contributed by atoms with Crippen LogP contribution in [0.5, 0.6) is 0 Å². The van der Waals surface area contributed by atoms with E-state index in [1.807, 2.05) is 0 Å². The highest BCUT2D eigenvalue weighted by molar-refractivity contribution is 5.37. The van der Waals surface area contributed by atoms with E-state index in [9.17, 15) is 4.79 Å². The van der Waals surface area contributed by atoms with E-state index in [-0.39, 0.29) is 6.10 Å². The molecular weight excluding hydrogens is 144 g/mol. The van der Waals surface area contributed by atoms with Crippen LogP contribution in [-0.4, -0.2) is 26.3 Å². The average Bonchev–Trinajstić information content (AvgIpc) is 1.99. The maximum Gasteiger partial charge on any atom is 0.293 e. The lowest BCUT2D eigenvalue weighted by molar-refractivity contribution is -0.131. The lowest BCUT2D eigenvalue weighted by Crippen LogP contribution is -2.07. The van der Waals surface area contributed by atoms with E-state index in [1.165, 1.54) is 0 Å². The first-order valence-corrected chi connectivity index (χ1v) is 3.72.